The number of aryl methyl sites for hydroxylation is 1. The highest BCUT2D eigenvalue weighted by atomic mass is 32.1. The number of aromatic nitrogens is 2. The van der Waals surface area contributed by atoms with Gasteiger partial charge in [-0.1, -0.05) is 39.0 Å². The zero-order valence-corrected chi connectivity index (χ0v) is 20.9. The number of nitriles is 1. The van der Waals surface area contributed by atoms with E-state index in [0.29, 0.717) is 39.7 Å². The summed E-state index contributed by atoms with van der Waals surface area (Å²) < 4.78 is 6.56. The molecule has 2 heterocycles. The van der Waals surface area contributed by atoms with Crippen molar-refractivity contribution in [3.05, 3.63) is 56.3 Å². The van der Waals surface area contributed by atoms with Crippen molar-refractivity contribution in [2.24, 2.45) is 11.8 Å². The van der Waals surface area contributed by atoms with Crippen molar-refractivity contribution in [2.45, 2.75) is 53.0 Å². The Labute approximate surface area is 207 Å². The summed E-state index contributed by atoms with van der Waals surface area (Å²) in [6, 6.07) is 8.95. The summed E-state index contributed by atoms with van der Waals surface area (Å²) in [5.41, 5.74) is 1.24. The highest BCUT2D eigenvalue weighted by Crippen LogP contribution is 2.39. The summed E-state index contributed by atoms with van der Waals surface area (Å²) >= 11 is 1.42. The van der Waals surface area contributed by atoms with E-state index in [9.17, 15) is 19.6 Å². The third kappa shape index (κ3) is 5.28. The van der Waals surface area contributed by atoms with Gasteiger partial charge in [-0.25, -0.2) is 9.48 Å². The van der Waals surface area contributed by atoms with Gasteiger partial charge in [0.2, 0.25) is 0 Å². The number of fused-ring (bicyclic) bond motifs is 2. The topological polar surface area (TPSA) is 114 Å². The van der Waals surface area contributed by atoms with Crippen molar-refractivity contribution >= 4 is 39.0 Å². The second-order valence-corrected chi connectivity index (χ2v) is 10.5. The maximum absolute atomic E-state index is 12.9. The Bertz CT molecular complexity index is 1380. The van der Waals surface area contributed by atoms with Gasteiger partial charge in [0.15, 0.2) is 12.3 Å². The molecule has 1 aliphatic rings. The summed E-state index contributed by atoms with van der Waals surface area (Å²) in [4.78, 5) is 39.4. The monoisotopic (exact) mass is 492 g/mol. The minimum Gasteiger partial charge on any atom is -0.451 e. The molecule has 1 aromatic carbocycles. The Morgan fingerprint density at radius 3 is 2.77 bits per heavy atom. The zero-order chi connectivity index (χ0) is 25.1. The molecule has 1 amide bonds. The number of ether oxygens (including phenoxy) is 1. The number of anilines is 1. The number of carbonyl (C=O) groups excluding carboxylic acids is 2. The lowest BCUT2D eigenvalue weighted by molar-refractivity contribution is -0.119. The molecule has 8 nitrogen and oxygen atoms in total. The van der Waals surface area contributed by atoms with Gasteiger partial charge in [0.1, 0.15) is 11.1 Å². The van der Waals surface area contributed by atoms with Gasteiger partial charge >= 0.3 is 5.97 Å². The van der Waals surface area contributed by atoms with Crippen LogP contribution in [0.25, 0.3) is 10.8 Å². The Kier molecular flexibility index (Phi) is 7.31. The van der Waals surface area contributed by atoms with Gasteiger partial charge in [0, 0.05) is 16.8 Å². The number of hydrogen-bond acceptors (Lipinski definition) is 7. The number of amides is 1. The lowest BCUT2D eigenvalue weighted by Gasteiger charge is -2.17. The predicted octanol–water partition coefficient (Wildman–Crippen LogP) is 4.30. The molecule has 0 saturated heterocycles. The van der Waals surface area contributed by atoms with E-state index in [2.05, 4.69) is 23.4 Å². The molecule has 0 fully saturated rings. The van der Waals surface area contributed by atoms with Crippen LogP contribution >= 0.6 is 11.3 Å². The second-order valence-electron chi connectivity index (χ2n) is 9.40. The Morgan fingerprint density at radius 1 is 1.31 bits per heavy atom. The van der Waals surface area contributed by atoms with Gasteiger partial charge in [-0.15, -0.1) is 11.3 Å². The summed E-state index contributed by atoms with van der Waals surface area (Å²) in [5.74, 6) is -0.407. The SMILES string of the molecule is CC(C)CCn1nc(C(=O)OCC(=O)Nc2sc3c(c2C#N)CC[C@H](C)C3)c2ccccc2c1=O. The van der Waals surface area contributed by atoms with E-state index in [1.165, 1.54) is 16.0 Å². The number of thiophene rings is 1. The average molecular weight is 493 g/mol. The fourth-order valence-corrected chi connectivity index (χ4v) is 5.61. The molecule has 182 valence electrons. The molecule has 3 aromatic rings. The molecule has 0 radical (unpaired) electrons. The van der Waals surface area contributed by atoms with Crippen LogP contribution in [0.4, 0.5) is 5.00 Å². The molecule has 9 heteroatoms. The first-order valence-corrected chi connectivity index (χ1v) is 12.6. The van der Waals surface area contributed by atoms with Crippen molar-refractivity contribution in [1.29, 1.82) is 5.26 Å². The van der Waals surface area contributed by atoms with Crippen LogP contribution in [0.2, 0.25) is 0 Å². The van der Waals surface area contributed by atoms with Gasteiger partial charge in [-0.05, 0) is 49.1 Å². The van der Waals surface area contributed by atoms with Gasteiger partial charge in [-0.3, -0.25) is 9.59 Å². The number of rotatable bonds is 7. The molecule has 1 aliphatic carbocycles. The maximum Gasteiger partial charge on any atom is 0.359 e. The quantitative estimate of drug-likeness (QED) is 0.492. The third-order valence-electron chi connectivity index (χ3n) is 6.19. The maximum atomic E-state index is 12.9. The van der Waals surface area contributed by atoms with Crippen LogP contribution in [-0.4, -0.2) is 28.3 Å². The summed E-state index contributed by atoms with van der Waals surface area (Å²) in [6.45, 7) is 6.12. The van der Waals surface area contributed by atoms with Crippen LogP contribution in [0.5, 0.6) is 0 Å². The van der Waals surface area contributed by atoms with E-state index in [1.807, 2.05) is 13.8 Å². The van der Waals surface area contributed by atoms with Crippen LogP contribution in [-0.2, 0) is 28.9 Å². The van der Waals surface area contributed by atoms with Crippen molar-refractivity contribution in [3.63, 3.8) is 0 Å². The summed E-state index contributed by atoms with van der Waals surface area (Å²) in [6.07, 6.45) is 3.47. The second kappa shape index (κ2) is 10.4. The molecular formula is C26H28N4O4S. The minimum absolute atomic E-state index is 0.00459. The fraction of sp³-hybridized carbons (Fsp3) is 0.423. The number of esters is 1. The first kappa shape index (κ1) is 24.6. The van der Waals surface area contributed by atoms with Gasteiger partial charge in [0.05, 0.1) is 10.9 Å². The first-order valence-electron chi connectivity index (χ1n) is 11.8. The number of nitrogens with one attached hydrogen (secondary N) is 1. The lowest BCUT2D eigenvalue weighted by Crippen LogP contribution is -2.28. The standard InChI is InChI=1S/C26H28N4O4S/c1-15(2)10-11-30-25(32)19-7-5-4-6-18(19)23(29-30)26(33)34-14-22(31)28-24-20(13-27)17-9-8-16(3)12-21(17)35-24/h4-7,15-16H,8-12,14H2,1-3H3,(H,28,31)/t16-/m0/s1. The predicted molar refractivity (Wildman–Crippen MR) is 135 cm³/mol. The Balaban J connectivity index is 1.50. The van der Waals surface area contributed by atoms with Gasteiger partial charge < -0.3 is 10.1 Å². The zero-order valence-electron chi connectivity index (χ0n) is 20.1. The molecule has 4 rings (SSSR count). The summed E-state index contributed by atoms with van der Waals surface area (Å²) in [7, 11) is 0. The molecule has 35 heavy (non-hydrogen) atoms. The Morgan fingerprint density at radius 2 is 2.06 bits per heavy atom. The van der Waals surface area contributed by atoms with Crippen LogP contribution in [0.1, 0.15) is 60.1 Å². The smallest absolute Gasteiger partial charge is 0.359 e. The number of benzene rings is 1. The molecule has 1 N–H and O–H groups in total. The van der Waals surface area contributed by atoms with Crippen molar-refractivity contribution in [2.75, 3.05) is 11.9 Å². The molecule has 0 unspecified atom stereocenters. The normalized spacial score (nSPS) is 15.0. The number of carbonyl (C=O) groups is 2. The van der Waals surface area contributed by atoms with Crippen LogP contribution in [0, 0.1) is 23.2 Å². The highest BCUT2D eigenvalue weighted by Gasteiger charge is 2.25. The molecule has 0 spiro atoms. The van der Waals surface area contributed by atoms with E-state index in [0.717, 1.165) is 36.1 Å². The van der Waals surface area contributed by atoms with Crippen LogP contribution in [0.15, 0.2) is 29.1 Å². The molecule has 0 saturated carbocycles. The Hall–Kier alpha value is -3.51. The van der Waals surface area contributed by atoms with Gasteiger partial charge in [-0.2, -0.15) is 10.4 Å². The molecule has 2 aromatic heterocycles. The van der Waals surface area contributed by atoms with E-state index in [-0.39, 0.29) is 11.3 Å². The molecule has 0 aliphatic heterocycles. The largest absolute Gasteiger partial charge is 0.451 e. The lowest BCUT2D eigenvalue weighted by atomic mass is 9.89. The van der Waals surface area contributed by atoms with E-state index in [4.69, 9.17) is 4.74 Å². The fourth-order valence-electron chi connectivity index (χ4n) is 4.24. The van der Waals surface area contributed by atoms with E-state index < -0.39 is 18.5 Å². The highest BCUT2D eigenvalue weighted by molar-refractivity contribution is 7.16. The molecule has 0 bridgehead atoms. The third-order valence-corrected chi connectivity index (χ3v) is 7.36. The van der Waals surface area contributed by atoms with Gasteiger partial charge in [0.25, 0.3) is 11.5 Å². The average Bonchev–Trinajstić information content (AvgIpc) is 3.17. The number of hydrogen-bond donors (Lipinski definition) is 1. The van der Waals surface area contributed by atoms with Crippen molar-refractivity contribution < 1.29 is 14.3 Å². The van der Waals surface area contributed by atoms with E-state index >= 15 is 0 Å². The van der Waals surface area contributed by atoms with Crippen LogP contribution < -0.4 is 10.9 Å². The number of nitrogens with zero attached hydrogens (tertiary/aromatic N) is 3. The van der Waals surface area contributed by atoms with Crippen molar-refractivity contribution in [3.8, 4) is 6.07 Å². The molecule has 1 atom stereocenters. The van der Waals surface area contributed by atoms with Crippen LogP contribution in [0.3, 0.4) is 0 Å². The first-order chi connectivity index (χ1) is 16.8. The molecular weight excluding hydrogens is 464 g/mol. The summed E-state index contributed by atoms with van der Waals surface area (Å²) in [5, 5.41) is 17.9. The van der Waals surface area contributed by atoms with E-state index in [1.54, 1.807) is 24.3 Å². The minimum atomic E-state index is -0.783. The van der Waals surface area contributed by atoms with Crippen molar-refractivity contribution in [1.82, 2.24) is 9.78 Å².